The molecule has 2 aliphatic heterocycles. The Morgan fingerprint density at radius 1 is 0.900 bits per heavy atom. The minimum absolute atomic E-state index is 0.0138. The zero-order valence-corrected chi connectivity index (χ0v) is 42.1. The molecular weight excluding hydrogens is 883 g/mol. The fourth-order valence-electron chi connectivity index (χ4n) is 11.6. The summed E-state index contributed by atoms with van der Waals surface area (Å²) in [7, 11) is 0. The van der Waals surface area contributed by atoms with E-state index >= 15 is 4.79 Å². The number of aliphatic hydroxyl groups excluding tert-OH is 2. The van der Waals surface area contributed by atoms with Crippen molar-refractivity contribution in [2.45, 2.75) is 173 Å². The summed E-state index contributed by atoms with van der Waals surface area (Å²) in [5.74, 6) is -1.12. The van der Waals surface area contributed by atoms with Crippen molar-refractivity contribution in [3.05, 3.63) is 96.1 Å². The van der Waals surface area contributed by atoms with Crippen LogP contribution < -0.4 is 14.8 Å². The molecule has 12 nitrogen and oxygen atoms in total. The van der Waals surface area contributed by atoms with E-state index in [0.717, 1.165) is 97.4 Å². The average molecular weight is 964 g/mol. The van der Waals surface area contributed by atoms with E-state index < -0.39 is 30.1 Å². The van der Waals surface area contributed by atoms with Gasteiger partial charge in [0.1, 0.15) is 17.5 Å². The SMILES string of the molecule is C=CCO[C@@]12Oc3ccc(OC(=O)NCC)cc3[C@H]3[C@H](CCCCO)[C@@H](CCCCO)C=C(C(=NOC4CCCCO4)C[C@@H]1N(Cc1cccc4ccccc14)C(=O)CCCCCCCCCCC)[C@H]32. The first-order chi connectivity index (χ1) is 34.3. The van der Waals surface area contributed by atoms with Crippen LogP contribution in [0.2, 0.25) is 0 Å². The molecule has 0 radical (unpaired) electrons. The van der Waals surface area contributed by atoms with Crippen LogP contribution in [0.1, 0.15) is 159 Å². The maximum absolute atomic E-state index is 15.5. The Bertz CT molecular complexity index is 2200. The molecule has 1 saturated heterocycles. The summed E-state index contributed by atoms with van der Waals surface area (Å²) in [4.78, 5) is 36.9. The standard InChI is InChI=1S/C58H81N3O9/c1-4-7-8-9-10-11-12-13-14-30-53(64)61(41-44-27-23-26-42-24-15-16-28-46(42)44)52-40-50(60-70-54-31-19-22-37-66-54)48-38-43(25-17-20-34-62)47(29-18-21-35-63)55-49-39-45(68-57(65)59-6-3)32-33-51(49)69-58(52,56(48)55)67-36-5-2/h5,15-16,23-24,26-28,32-33,38-39,43,47,52,54-56,62-63H,2,4,6-14,17-22,25,29-31,34-37,40-41H2,1,3H3,(H,59,65)/t43-,47+,52-,54?,55+,56+,58+/m0/s1. The smallest absolute Gasteiger partial charge is 0.412 e. The number of aliphatic hydroxyl groups is 2. The van der Waals surface area contributed by atoms with Crippen molar-refractivity contribution in [2.75, 3.05) is 33.0 Å². The lowest BCUT2D eigenvalue weighted by atomic mass is 9.55. The quantitative estimate of drug-likeness (QED) is 0.0367. The van der Waals surface area contributed by atoms with Gasteiger partial charge in [-0.2, -0.15) is 0 Å². The van der Waals surface area contributed by atoms with E-state index in [2.05, 4.69) is 55.2 Å². The van der Waals surface area contributed by atoms with Crippen LogP contribution in [0.15, 0.2) is 90.1 Å². The lowest BCUT2D eigenvalue weighted by Gasteiger charge is -2.60. The fourth-order valence-corrected chi connectivity index (χ4v) is 11.6. The summed E-state index contributed by atoms with van der Waals surface area (Å²) in [5, 5.41) is 30.1. The maximum atomic E-state index is 15.5. The third-order valence-corrected chi connectivity index (χ3v) is 15.0. The first-order valence-corrected chi connectivity index (χ1v) is 26.9. The maximum Gasteiger partial charge on any atom is 0.412 e. The van der Waals surface area contributed by atoms with E-state index in [4.69, 9.17) is 28.9 Å². The molecule has 1 unspecified atom stereocenters. The molecule has 0 spiro atoms. The third-order valence-electron chi connectivity index (χ3n) is 15.0. The zero-order valence-electron chi connectivity index (χ0n) is 42.1. The Labute approximate surface area is 417 Å². The molecule has 0 aromatic heterocycles. The van der Waals surface area contributed by atoms with Gasteiger partial charge in [-0.1, -0.05) is 131 Å². The molecule has 3 N–H and O–H groups in total. The van der Waals surface area contributed by atoms with Crippen molar-refractivity contribution in [3.63, 3.8) is 0 Å². The number of allylic oxidation sites excluding steroid dienone is 1. The number of nitrogens with one attached hydrogen (secondary N) is 1. The van der Waals surface area contributed by atoms with Crippen molar-refractivity contribution in [3.8, 4) is 11.5 Å². The van der Waals surface area contributed by atoms with Gasteiger partial charge in [0.15, 0.2) is 0 Å². The summed E-state index contributed by atoms with van der Waals surface area (Å²) in [6.45, 7) is 9.89. The van der Waals surface area contributed by atoms with E-state index in [9.17, 15) is 15.0 Å². The average Bonchev–Trinajstić information content (AvgIpc) is 3.37. The molecule has 2 amide bonds. The largest absolute Gasteiger partial charge is 0.459 e. The molecule has 3 aromatic carbocycles. The van der Waals surface area contributed by atoms with Crippen LogP contribution in [-0.2, 0) is 25.7 Å². The number of rotatable bonds is 28. The van der Waals surface area contributed by atoms with Crippen LogP contribution in [0.3, 0.4) is 0 Å². The summed E-state index contributed by atoms with van der Waals surface area (Å²) >= 11 is 0. The Balaban J connectivity index is 1.40. The normalized spacial score (nSPS) is 24.2. The number of unbranched alkanes of at least 4 members (excludes halogenated alkanes) is 10. The second kappa shape index (κ2) is 27.2. The highest BCUT2D eigenvalue weighted by atomic mass is 16.8. The Hall–Kier alpha value is -4.75. The van der Waals surface area contributed by atoms with Crippen LogP contribution in [0.5, 0.6) is 11.5 Å². The molecule has 2 fully saturated rings. The van der Waals surface area contributed by atoms with Crippen molar-refractivity contribution < 1.29 is 43.6 Å². The first kappa shape index (κ1) is 53.1. The molecule has 1 saturated carbocycles. The van der Waals surface area contributed by atoms with Crippen molar-refractivity contribution in [2.24, 2.45) is 22.9 Å². The van der Waals surface area contributed by atoms with Crippen LogP contribution in [0.25, 0.3) is 10.8 Å². The first-order valence-electron chi connectivity index (χ1n) is 26.9. The van der Waals surface area contributed by atoms with Gasteiger partial charge in [0, 0.05) is 57.0 Å². The van der Waals surface area contributed by atoms with Gasteiger partial charge in [-0.15, -0.1) is 6.58 Å². The number of ether oxygens (including phenoxy) is 4. The summed E-state index contributed by atoms with van der Waals surface area (Å²) in [6, 6.07) is 19.5. The molecule has 2 heterocycles. The number of benzene rings is 3. The summed E-state index contributed by atoms with van der Waals surface area (Å²) in [5.41, 5.74) is 3.59. The molecule has 7 atom stereocenters. The van der Waals surface area contributed by atoms with Gasteiger partial charge in [-0.05, 0) is 104 Å². The number of oxime groups is 1. The molecular formula is C58H81N3O9. The topological polar surface area (TPSA) is 148 Å². The number of carbonyl (C=O) groups is 2. The van der Waals surface area contributed by atoms with Gasteiger partial charge < -0.3 is 44.2 Å². The van der Waals surface area contributed by atoms with Gasteiger partial charge in [0.2, 0.25) is 18.0 Å². The number of nitrogens with zero attached hydrogens (tertiary/aromatic N) is 2. The number of hydrogen-bond donors (Lipinski definition) is 3. The summed E-state index contributed by atoms with van der Waals surface area (Å²) < 4.78 is 26.8. The molecule has 382 valence electrons. The number of carbonyl (C=O) groups excluding carboxylic acids is 2. The van der Waals surface area contributed by atoms with Gasteiger partial charge >= 0.3 is 6.09 Å². The third kappa shape index (κ3) is 13.2. The zero-order chi connectivity index (χ0) is 49.1. The minimum Gasteiger partial charge on any atom is -0.459 e. The van der Waals surface area contributed by atoms with Crippen LogP contribution >= 0.6 is 0 Å². The van der Waals surface area contributed by atoms with Crippen LogP contribution in [-0.4, -0.2) is 83.9 Å². The van der Waals surface area contributed by atoms with Gasteiger partial charge in [0.05, 0.1) is 24.8 Å². The van der Waals surface area contributed by atoms with E-state index in [-0.39, 0.29) is 43.5 Å². The Morgan fingerprint density at radius 3 is 2.40 bits per heavy atom. The predicted octanol–water partition coefficient (Wildman–Crippen LogP) is 12.1. The molecule has 2 aliphatic carbocycles. The van der Waals surface area contributed by atoms with Crippen molar-refractivity contribution >= 4 is 28.5 Å². The van der Waals surface area contributed by atoms with Crippen molar-refractivity contribution in [1.82, 2.24) is 10.2 Å². The number of amides is 2. The highest BCUT2D eigenvalue weighted by molar-refractivity contribution is 6.03. The summed E-state index contributed by atoms with van der Waals surface area (Å²) in [6.07, 6.45) is 21.2. The minimum atomic E-state index is -1.43. The van der Waals surface area contributed by atoms with Gasteiger partial charge in [-0.3, -0.25) is 4.79 Å². The van der Waals surface area contributed by atoms with Crippen LogP contribution in [0, 0.1) is 17.8 Å². The predicted molar refractivity (Wildman–Crippen MR) is 276 cm³/mol. The second-order valence-electron chi connectivity index (χ2n) is 19.8. The van der Waals surface area contributed by atoms with Crippen LogP contribution in [0.4, 0.5) is 4.79 Å². The number of fused-ring (bicyclic) bond motifs is 3. The highest BCUT2D eigenvalue weighted by Crippen LogP contribution is 2.62. The number of hydrogen-bond acceptors (Lipinski definition) is 10. The van der Waals surface area contributed by atoms with E-state index in [1.807, 2.05) is 36.1 Å². The lowest BCUT2D eigenvalue weighted by molar-refractivity contribution is -0.258. The molecule has 70 heavy (non-hydrogen) atoms. The molecule has 12 heteroatoms. The molecule has 7 rings (SSSR count). The van der Waals surface area contributed by atoms with Gasteiger partial charge in [-0.25, -0.2) is 4.79 Å². The molecule has 0 bridgehead atoms. The molecule has 3 aromatic rings. The Kier molecular flexibility index (Phi) is 20.6. The lowest BCUT2D eigenvalue weighted by Crippen LogP contribution is -2.70. The van der Waals surface area contributed by atoms with E-state index in [1.54, 1.807) is 12.1 Å². The van der Waals surface area contributed by atoms with Crippen molar-refractivity contribution in [1.29, 1.82) is 0 Å². The van der Waals surface area contributed by atoms with Gasteiger partial charge in [0.25, 0.3) is 0 Å². The fraction of sp³-hybridized carbons (Fsp3) is 0.603. The Morgan fingerprint density at radius 2 is 1.66 bits per heavy atom. The van der Waals surface area contributed by atoms with E-state index in [0.29, 0.717) is 56.9 Å². The highest BCUT2D eigenvalue weighted by Gasteiger charge is 2.65. The van der Waals surface area contributed by atoms with E-state index in [1.165, 1.54) is 38.5 Å². The monoisotopic (exact) mass is 964 g/mol. The molecule has 4 aliphatic rings. The second-order valence-corrected chi connectivity index (χ2v) is 19.8.